The quantitative estimate of drug-likeness (QED) is 0.535. The van der Waals surface area contributed by atoms with Gasteiger partial charge in [-0.25, -0.2) is 0 Å². The number of carbonyl (C=O) groups is 1. The van der Waals surface area contributed by atoms with Crippen LogP contribution in [0.15, 0.2) is 17.5 Å². The SMILES string of the molecule is Nc1cc(N)c2ccsc2c1C=O. The van der Waals surface area contributed by atoms with Crippen molar-refractivity contribution in [1.29, 1.82) is 0 Å². The Kier molecular flexibility index (Phi) is 1.70. The van der Waals surface area contributed by atoms with Crippen LogP contribution < -0.4 is 11.5 Å². The second-order valence-electron chi connectivity index (χ2n) is 2.75. The molecule has 1 aromatic carbocycles. The average molecular weight is 192 g/mol. The number of benzene rings is 1. The lowest BCUT2D eigenvalue weighted by Gasteiger charge is -2.02. The molecule has 2 aromatic rings. The molecule has 0 saturated heterocycles. The van der Waals surface area contributed by atoms with Crippen LogP contribution in [-0.2, 0) is 0 Å². The van der Waals surface area contributed by atoms with Gasteiger partial charge in [-0.15, -0.1) is 11.3 Å². The number of anilines is 2. The minimum atomic E-state index is 0.447. The molecule has 0 bridgehead atoms. The van der Waals surface area contributed by atoms with Crippen LogP contribution in [0.4, 0.5) is 11.4 Å². The molecule has 2 rings (SSSR count). The summed E-state index contributed by atoms with van der Waals surface area (Å²) in [5, 5.41) is 2.80. The van der Waals surface area contributed by atoms with E-state index >= 15 is 0 Å². The fourth-order valence-corrected chi connectivity index (χ4v) is 2.27. The maximum Gasteiger partial charge on any atom is 0.153 e. The Labute approximate surface area is 79.0 Å². The summed E-state index contributed by atoms with van der Waals surface area (Å²) in [5.74, 6) is 0. The molecule has 4 N–H and O–H groups in total. The number of nitrogen functional groups attached to an aromatic ring is 2. The Morgan fingerprint density at radius 1 is 1.31 bits per heavy atom. The second-order valence-corrected chi connectivity index (χ2v) is 3.67. The van der Waals surface area contributed by atoms with Crippen molar-refractivity contribution in [3.8, 4) is 0 Å². The molecule has 0 atom stereocenters. The molecule has 1 heterocycles. The lowest BCUT2D eigenvalue weighted by atomic mass is 10.1. The third-order valence-electron chi connectivity index (χ3n) is 1.96. The number of hydrogen-bond donors (Lipinski definition) is 2. The molecule has 0 unspecified atom stereocenters. The van der Waals surface area contributed by atoms with E-state index in [2.05, 4.69) is 0 Å². The summed E-state index contributed by atoms with van der Waals surface area (Å²) < 4.78 is 0.868. The van der Waals surface area contributed by atoms with Gasteiger partial charge in [-0.2, -0.15) is 0 Å². The predicted molar refractivity (Wildman–Crippen MR) is 56.0 cm³/mol. The van der Waals surface area contributed by atoms with Crippen molar-refractivity contribution in [1.82, 2.24) is 0 Å². The van der Waals surface area contributed by atoms with E-state index in [0.29, 0.717) is 16.9 Å². The van der Waals surface area contributed by atoms with Gasteiger partial charge >= 0.3 is 0 Å². The number of fused-ring (bicyclic) bond motifs is 1. The Balaban J connectivity index is 2.96. The third-order valence-corrected chi connectivity index (χ3v) is 2.91. The van der Waals surface area contributed by atoms with Crippen molar-refractivity contribution in [3.63, 3.8) is 0 Å². The molecule has 0 radical (unpaired) electrons. The largest absolute Gasteiger partial charge is 0.398 e. The Bertz CT molecular complexity index is 476. The summed E-state index contributed by atoms with van der Waals surface area (Å²) >= 11 is 1.48. The third kappa shape index (κ3) is 1.07. The number of hydrogen-bond acceptors (Lipinski definition) is 4. The van der Waals surface area contributed by atoms with E-state index in [0.717, 1.165) is 16.4 Å². The standard InChI is InChI=1S/C9H8N2OS/c10-7-3-8(11)6(4-12)9-5(7)1-2-13-9/h1-4H,10-11H2. The van der Waals surface area contributed by atoms with Gasteiger partial charge < -0.3 is 11.5 Å². The van der Waals surface area contributed by atoms with Gasteiger partial charge in [-0.1, -0.05) is 0 Å². The zero-order chi connectivity index (χ0) is 9.42. The lowest BCUT2D eigenvalue weighted by molar-refractivity contribution is 0.112. The fourth-order valence-electron chi connectivity index (χ4n) is 1.32. The van der Waals surface area contributed by atoms with Crippen LogP contribution in [0.25, 0.3) is 10.1 Å². The lowest BCUT2D eigenvalue weighted by Crippen LogP contribution is -1.96. The molecule has 0 aliphatic carbocycles. The Morgan fingerprint density at radius 2 is 2.08 bits per heavy atom. The molecule has 4 heteroatoms. The number of carbonyl (C=O) groups excluding carboxylic acids is 1. The van der Waals surface area contributed by atoms with Crippen LogP contribution in [0.3, 0.4) is 0 Å². The maximum absolute atomic E-state index is 10.7. The van der Waals surface area contributed by atoms with Gasteiger partial charge in [0.05, 0.1) is 5.56 Å². The van der Waals surface area contributed by atoms with E-state index in [-0.39, 0.29) is 0 Å². The molecule has 0 aliphatic heterocycles. The molecule has 0 fully saturated rings. The molecule has 13 heavy (non-hydrogen) atoms. The molecular formula is C9H8N2OS. The maximum atomic E-state index is 10.7. The first kappa shape index (κ1) is 8.07. The summed E-state index contributed by atoms with van der Waals surface area (Å²) in [6.45, 7) is 0. The highest BCUT2D eigenvalue weighted by molar-refractivity contribution is 7.17. The van der Waals surface area contributed by atoms with E-state index in [4.69, 9.17) is 11.5 Å². The summed E-state index contributed by atoms with van der Waals surface area (Å²) in [5.41, 5.74) is 13.0. The monoisotopic (exact) mass is 192 g/mol. The van der Waals surface area contributed by atoms with Gasteiger partial charge in [0.2, 0.25) is 0 Å². The van der Waals surface area contributed by atoms with E-state index in [1.807, 2.05) is 11.4 Å². The summed E-state index contributed by atoms with van der Waals surface area (Å²) in [7, 11) is 0. The van der Waals surface area contributed by atoms with Crippen LogP contribution in [0.2, 0.25) is 0 Å². The van der Waals surface area contributed by atoms with Crippen molar-refractivity contribution < 1.29 is 4.79 Å². The molecule has 0 amide bonds. The zero-order valence-electron chi connectivity index (χ0n) is 6.78. The van der Waals surface area contributed by atoms with Crippen LogP contribution in [0, 0.1) is 0 Å². The van der Waals surface area contributed by atoms with E-state index < -0.39 is 0 Å². The van der Waals surface area contributed by atoms with Crippen molar-refractivity contribution in [2.75, 3.05) is 11.5 Å². The molecule has 66 valence electrons. The molecule has 0 saturated carbocycles. The molecule has 3 nitrogen and oxygen atoms in total. The molecule has 1 aromatic heterocycles. The zero-order valence-corrected chi connectivity index (χ0v) is 7.60. The highest BCUT2D eigenvalue weighted by atomic mass is 32.1. The topological polar surface area (TPSA) is 69.1 Å². The summed E-state index contributed by atoms with van der Waals surface area (Å²) in [6, 6.07) is 3.51. The molecular weight excluding hydrogens is 184 g/mol. The summed E-state index contributed by atoms with van der Waals surface area (Å²) in [6.07, 6.45) is 0.771. The van der Waals surface area contributed by atoms with E-state index in [9.17, 15) is 4.79 Å². The number of thiophene rings is 1. The normalized spacial score (nSPS) is 10.5. The number of aldehydes is 1. The Hall–Kier alpha value is -1.55. The molecule has 0 aliphatic rings. The molecule has 0 spiro atoms. The van der Waals surface area contributed by atoms with Crippen molar-refractivity contribution in [2.45, 2.75) is 0 Å². The van der Waals surface area contributed by atoms with Crippen LogP contribution in [0.5, 0.6) is 0 Å². The number of rotatable bonds is 1. The van der Waals surface area contributed by atoms with Gasteiger partial charge in [0, 0.05) is 21.5 Å². The van der Waals surface area contributed by atoms with Crippen LogP contribution in [0.1, 0.15) is 10.4 Å². The second kappa shape index (κ2) is 2.74. The smallest absolute Gasteiger partial charge is 0.153 e. The van der Waals surface area contributed by atoms with Crippen LogP contribution in [-0.4, -0.2) is 6.29 Å². The van der Waals surface area contributed by atoms with E-state index in [1.54, 1.807) is 6.07 Å². The minimum absolute atomic E-state index is 0.447. The highest BCUT2D eigenvalue weighted by Gasteiger charge is 2.08. The first-order valence-electron chi connectivity index (χ1n) is 3.74. The first-order chi connectivity index (χ1) is 6.24. The van der Waals surface area contributed by atoms with Gasteiger partial charge in [0.25, 0.3) is 0 Å². The van der Waals surface area contributed by atoms with Gasteiger partial charge in [0.15, 0.2) is 6.29 Å². The van der Waals surface area contributed by atoms with Crippen molar-refractivity contribution >= 4 is 39.1 Å². The highest BCUT2D eigenvalue weighted by Crippen LogP contribution is 2.32. The van der Waals surface area contributed by atoms with E-state index in [1.165, 1.54) is 11.3 Å². The van der Waals surface area contributed by atoms with Crippen molar-refractivity contribution in [2.24, 2.45) is 0 Å². The van der Waals surface area contributed by atoms with Crippen LogP contribution >= 0.6 is 11.3 Å². The minimum Gasteiger partial charge on any atom is -0.398 e. The Morgan fingerprint density at radius 3 is 2.77 bits per heavy atom. The summed E-state index contributed by atoms with van der Waals surface area (Å²) in [4.78, 5) is 10.7. The van der Waals surface area contributed by atoms with Gasteiger partial charge in [0.1, 0.15) is 0 Å². The first-order valence-corrected chi connectivity index (χ1v) is 4.62. The number of nitrogens with two attached hydrogens (primary N) is 2. The van der Waals surface area contributed by atoms with Gasteiger partial charge in [-0.05, 0) is 17.5 Å². The van der Waals surface area contributed by atoms with Crippen molar-refractivity contribution in [3.05, 3.63) is 23.1 Å². The fraction of sp³-hybridized carbons (Fsp3) is 0. The predicted octanol–water partition coefficient (Wildman–Crippen LogP) is 1.88. The van der Waals surface area contributed by atoms with Gasteiger partial charge in [-0.3, -0.25) is 4.79 Å². The average Bonchev–Trinajstić information content (AvgIpc) is 2.53.